The van der Waals surface area contributed by atoms with Crippen molar-refractivity contribution < 1.29 is 13.5 Å². The number of ether oxygens (including phenoxy) is 1. The minimum Gasteiger partial charge on any atom is -0.459 e. The van der Waals surface area contributed by atoms with E-state index in [9.17, 15) is 4.39 Å². The molecule has 2 aliphatic rings. The number of benzene rings is 1. The molecule has 154 valence electrons. The van der Waals surface area contributed by atoms with Gasteiger partial charge in [-0.15, -0.1) is 0 Å². The van der Waals surface area contributed by atoms with Crippen molar-refractivity contribution in [2.45, 2.75) is 31.0 Å². The molecule has 0 aliphatic carbocycles. The molecule has 0 saturated carbocycles. The molecule has 2 aromatic heterocycles. The molecule has 2 saturated heterocycles. The van der Waals surface area contributed by atoms with Gasteiger partial charge in [0, 0.05) is 24.9 Å². The van der Waals surface area contributed by atoms with E-state index in [1.54, 1.807) is 18.3 Å². The SMILES string of the molecule is Fc1ccc(-c2ccc([C@H]3[C@H](c4ccccn4)NC(=S)N3C[C@@H]3CCCO3)o2)cc1. The average Bonchev–Trinajstić information content (AvgIpc) is 3.51. The van der Waals surface area contributed by atoms with Crippen LogP contribution < -0.4 is 5.32 Å². The standard InChI is InChI=1S/C23H22FN3O2S/c24-16-8-6-15(7-9-16)19-10-11-20(29-19)22-21(18-5-1-2-12-25-18)26-23(30)27(22)14-17-4-3-13-28-17/h1-2,5-12,17,21-22H,3-4,13-14H2,(H,26,30)/t17-,21-,22-/m0/s1. The Morgan fingerprint density at radius 1 is 1.13 bits per heavy atom. The van der Waals surface area contributed by atoms with Crippen LogP contribution in [0.25, 0.3) is 11.3 Å². The first-order chi connectivity index (χ1) is 14.7. The molecule has 2 aliphatic heterocycles. The fraction of sp³-hybridized carbons (Fsp3) is 0.304. The summed E-state index contributed by atoms with van der Waals surface area (Å²) in [6.07, 6.45) is 4.04. The van der Waals surface area contributed by atoms with Crippen LogP contribution in [0.5, 0.6) is 0 Å². The number of pyridine rings is 1. The lowest BCUT2D eigenvalue weighted by atomic mass is 10.0. The molecule has 0 bridgehead atoms. The van der Waals surface area contributed by atoms with Gasteiger partial charge in [-0.1, -0.05) is 6.07 Å². The van der Waals surface area contributed by atoms with Crippen molar-refractivity contribution in [2.24, 2.45) is 0 Å². The van der Waals surface area contributed by atoms with Crippen molar-refractivity contribution in [3.05, 3.63) is 78.1 Å². The van der Waals surface area contributed by atoms with E-state index in [1.807, 2.05) is 30.3 Å². The number of rotatable bonds is 5. The molecule has 0 spiro atoms. The Hall–Kier alpha value is -2.77. The van der Waals surface area contributed by atoms with E-state index < -0.39 is 0 Å². The highest BCUT2D eigenvalue weighted by molar-refractivity contribution is 7.80. The van der Waals surface area contributed by atoms with Gasteiger partial charge >= 0.3 is 0 Å². The van der Waals surface area contributed by atoms with Gasteiger partial charge in [-0.25, -0.2) is 4.39 Å². The molecule has 5 nitrogen and oxygen atoms in total. The summed E-state index contributed by atoms with van der Waals surface area (Å²) in [6.45, 7) is 1.49. The van der Waals surface area contributed by atoms with Crippen molar-refractivity contribution in [3.8, 4) is 11.3 Å². The number of thiocarbonyl (C=S) groups is 1. The van der Waals surface area contributed by atoms with Crippen LogP contribution in [-0.2, 0) is 4.74 Å². The number of nitrogens with one attached hydrogen (secondary N) is 1. The van der Waals surface area contributed by atoms with Gasteiger partial charge in [0.1, 0.15) is 23.4 Å². The lowest BCUT2D eigenvalue weighted by Crippen LogP contribution is -2.36. The second-order valence-corrected chi connectivity index (χ2v) is 8.01. The van der Waals surface area contributed by atoms with Crippen LogP contribution in [0.4, 0.5) is 4.39 Å². The third-order valence-electron chi connectivity index (χ3n) is 5.67. The first-order valence-corrected chi connectivity index (χ1v) is 10.6. The Kier molecular flexibility index (Phi) is 5.23. The summed E-state index contributed by atoms with van der Waals surface area (Å²) in [5.41, 5.74) is 1.73. The Balaban J connectivity index is 1.50. The Morgan fingerprint density at radius 3 is 2.73 bits per heavy atom. The summed E-state index contributed by atoms with van der Waals surface area (Å²) in [7, 11) is 0. The largest absolute Gasteiger partial charge is 0.459 e. The zero-order valence-corrected chi connectivity index (χ0v) is 17.1. The lowest BCUT2D eigenvalue weighted by molar-refractivity contribution is 0.0818. The van der Waals surface area contributed by atoms with E-state index in [0.29, 0.717) is 17.4 Å². The van der Waals surface area contributed by atoms with Crippen molar-refractivity contribution in [3.63, 3.8) is 0 Å². The number of hydrogen-bond acceptors (Lipinski definition) is 4. The number of nitrogens with zero attached hydrogens (tertiary/aromatic N) is 2. The normalized spacial score (nSPS) is 23.7. The van der Waals surface area contributed by atoms with E-state index in [1.165, 1.54) is 12.1 Å². The molecule has 1 aromatic carbocycles. The second-order valence-electron chi connectivity index (χ2n) is 7.62. The molecule has 3 atom stereocenters. The topological polar surface area (TPSA) is 50.5 Å². The van der Waals surface area contributed by atoms with Crippen LogP contribution in [0, 0.1) is 5.82 Å². The van der Waals surface area contributed by atoms with Crippen LogP contribution in [0.15, 0.2) is 65.2 Å². The number of hydrogen-bond donors (Lipinski definition) is 1. The first kappa shape index (κ1) is 19.2. The molecular weight excluding hydrogens is 401 g/mol. The van der Waals surface area contributed by atoms with Gasteiger partial charge in [0.25, 0.3) is 0 Å². The highest BCUT2D eigenvalue weighted by Gasteiger charge is 2.42. The predicted molar refractivity (Wildman–Crippen MR) is 115 cm³/mol. The molecule has 1 N–H and O–H groups in total. The van der Waals surface area contributed by atoms with Crippen LogP contribution >= 0.6 is 12.2 Å². The molecular formula is C23H22FN3O2S. The quantitative estimate of drug-likeness (QED) is 0.604. The summed E-state index contributed by atoms with van der Waals surface area (Å²) in [4.78, 5) is 6.70. The molecule has 2 fully saturated rings. The van der Waals surface area contributed by atoms with Gasteiger partial charge in [-0.2, -0.15) is 0 Å². The number of halogens is 1. The monoisotopic (exact) mass is 423 g/mol. The van der Waals surface area contributed by atoms with Crippen molar-refractivity contribution >= 4 is 17.3 Å². The van der Waals surface area contributed by atoms with Gasteiger partial charge in [0.2, 0.25) is 0 Å². The smallest absolute Gasteiger partial charge is 0.170 e. The van der Waals surface area contributed by atoms with Crippen LogP contribution in [-0.4, -0.2) is 34.3 Å². The van der Waals surface area contributed by atoms with E-state index in [-0.39, 0.29) is 24.0 Å². The molecule has 7 heteroatoms. The number of aromatic nitrogens is 1. The minimum atomic E-state index is -0.270. The van der Waals surface area contributed by atoms with Gasteiger partial charge in [0.15, 0.2) is 5.11 Å². The molecule has 0 unspecified atom stereocenters. The Morgan fingerprint density at radius 2 is 2.00 bits per heavy atom. The average molecular weight is 424 g/mol. The van der Waals surface area contributed by atoms with Gasteiger partial charge in [0.05, 0.1) is 17.8 Å². The fourth-order valence-corrected chi connectivity index (χ4v) is 4.51. The predicted octanol–water partition coefficient (Wildman–Crippen LogP) is 4.63. The summed E-state index contributed by atoms with van der Waals surface area (Å²) in [6, 6.07) is 15.8. The molecule has 30 heavy (non-hydrogen) atoms. The summed E-state index contributed by atoms with van der Waals surface area (Å²) in [5.74, 6) is 1.21. The lowest BCUT2D eigenvalue weighted by Gasteiger charge is -2.28. The number of furan rings is 1. The zero-order valence-electron chi connectivity index (χ0n) is 16.3. The fourth-order valence-electron chi connectivity index (χ4n) is 4.20. The van der Waals surface area contributed by atoms with Crippen molar-refractivity contribution in [2.75, 3.05) is 13.2 Å². The minimum absolute atomic E-state index is 0.132. The van der Waals surface area contributed by atoms with Gasteiger partial charge < -0.3 is 19.4 Å². The van der Waals surface area contributed by atoms with Crippen molar-refractivity contribution in [1.29, 1.82) is 0 Å². The van der Waals surface area contributed by atoms with Gasteiger partial charge in [-0.05, 0) is 73.6 Å². The van der Waals surface area contributed by atoms with E-state index in [0.717, 1.165) is 36.5 Å². The Bertz CT molecular complexity index is 1020. The second kappa shape index (κ2) is 8.16. The van der Waals surface area contributed by atoms with E-state index in [4.69, 9.17) is 21.4 Å². The van der Waals surface area contributed by atoms with E-state index in [2.05, 4.69) is 15.2 Å². The first-order valence-electron chi connectivity index (χ1n) is 10.1. The van der Waals surface area contributed by atoms with Crippen LogP contribution in [0.2, 0.25) is 0 Å². The van der Waals surface area contributed by atoms with Crippen molar-refractivity contribution in [1.82, 2.24) is 15.2 Å². The molecule has 0 amide bonds. The highest BCUT2D eigenvalue weighted by atomic mass is 32.1. The third-order valence-corrected chi connectivity index (χ3v) is 6.02. The maximum absolute atomic E-state index is 13.3. The highest BCUT2D eigenvalue weighted by Crippen LogP contribution is 2.41. The summed E-state index contributed by atoms with van der Waals surface area (Å²) in [5, 5.41) is 4.10. The van der Waals surface area contributed by atoms with Crippen LogP contribution in [0.3, 0.4) is 0 Å². The molecule has 0 radical (unpaired) electrons. The molecule has 4 heterocycles. The molecule has 5 rings (SSSR count). The maximum Gasteiger partial charge on any atom is 0.170 e. The van der Waals surface area contributed by atoms with Gasteiger partial charge in [-0.3, -0.25) is 4.98 Å². The molecule has 3 aromatic rings. The summed E-state index contributed by atoms with van der Waals surface area (Å²) >= 11 is 5.69. The van der Waals surface area contributed by atoms with Crippen LogP contribution in [0.1, 0.15) is 36.4 Å². The third kappa shape index (κ3) is 3.70. The maximum atomic E-state index is 13.3. The zero-order chi connectivity index (χ0) is 20.5. The van der Waals surface area contributed by atoms with E-state index >= 15 is 0 Å². The summed E-state index contributed by atoms with van der Waals surface area (Å²) < 4.78 is 25.4. The Labute approximate surface area is 179 Å².